The molecule has 61 heavy (non-hydrogen) atoms. The summed E-state index contributed by atoms with van der Waals surface area (Å²) < 4.78 is 52.0. The maximum absolute atomic E-state index is 14.7. The largest absolute Gasteiger partial charge is 0.497 e. The van der Waals surface area contributed by atoms with E-state index in [1.807, 2.05) is 49.4 Å². The zero-order valence-corrected chi connectivity index (χ0v) is 35.8. The van der Waals surface area contributed by atoms with Crippen LogP contribution in [0.1, 0.15) is 84.1 Å². The van der Waals surface area contributed by atoms with Gasteiger partial charge in [0.2, 0.25) is 27.4 Å². The molecule has 2 aromatic heterocycles. The number of benzene rings is 2. The van der Waals surface area contributed by atoms with Crippen LogP contribution in [0.5, 0.6) is 11.6 Å². The number of amides is 4. The van der Waals surface area contributed by atoms with Crippen LogP contribution < -0.4 is 24.8 Å². The number of fused-ring (bicyclic) bond motifs is 5. The monoisotopic (exact) mass is 856 g/mol. The minimum atomic E-state index is -3.93. The molecule has 1 saturated heterocycles. The molecule has 4 aromatic rings. The van der Waals surface area contributed by atoms with Gasteiger partial charge in [-0.3, -0.25) is 19.1 Å². The number of hydrogen-bond donors (Lipinski definition) is 3. The van der Waals surface area contributed by atoms with Gasteiger partial charge in [-0.2, -0.15) is 4.98 Å². The highest BCUT2D eigenvalue weighted by Crippen LogP contribution is 2.46. The Morgan fingerprint density at radius 3 is 2.51 bits per heavy atom. The van der Waals surface area contributed by atoms with E-state index in [2.05, 4.69) is 15.4 Å². The standard InChI is InChI=1S/C44H52N6O10S/c1-25-13-20-34-31(21-25)35-36(59-34)39(47-37(46-35)26-14-16-28(57-5)17-15-26)58-29-22-33-38(51)48-44(41(53)49-61(55,56)30-18-19-30)23-27(44)11-9-7-6-8-10-12-32(40(52)50(33)24-29)45-42(54)60-43(2,3)4/h9,11,13-17,20-21,27,29-30,32-33H,6-8,10,12,18-19,22-24H2,1-5H3,(H,45,54)(H,48,51)(H,49,53)/b11-9-/t27-,29+,32-,33+,44-/m1/s1. The van der Waals surface area contributed by atoms with E-state index in [1.165, 1.54) is 4.90 Å². The van der Waals surface area contributed by atoms with Crippen molar-refractivity contribution in [2.75, 3.05) is 13.7 Å². The summed E-state index contributed by atoms with van der Waals surface area (Å²) in [4.78, 5) is 67.5. The zero-order valence-electron chi connectivity index (χ0n) is 35.0. The van der Waals surface area contributed by atoms with Gasteiger partial charge in [-0.05, 0) is 103 Å². The average molecular weight is 857 g/mol. The number of alkyl carbamates (subject to hydrolysis) is 1. The number of ether oxygens (including phenoxy) is 3. The van der Waals surface area contributed by atoms with E-state index in [1.54, 1.807) is 40.0 Å². The number of nitrogens with one attached hydrogen (secondary N) is 3. The molecule has 8 rings (SSSR count). The maximum Gasteiger partial charge on any atom is 0.408 e. The zero-order chi connectivity index (χ0) is 43.3. The highest BCUT2D eigenvalue weighted by atomic mass is 32.2. The highest BCUT2D eigenvalue weighted by molar-refractivity contribution is 7.91. The molecule has 324 valence electrons. The number of nitrogens with zero attached hydrogens (tertiary/aromatic N) is 3. The third-order valence-corrected chi connectivity index (χ3v) is 13.4. The van der Waals surface area contributed by atoms with E-state index in [9.17, 15) is 27.6 Å². The number of carbonyl (C=O) groups is 4. The second-order valence-electron chi connectivity index (χ2n) is 17.6. The van der Waals surface area contributed by atoms with Crippen LogP contribution >= 0.6 is 0 Å². The number of aromatic nitrogens is 2. The van der Waals surface area contributed by atoms with Crippen LogP contribution in [0.25, 0.3) is 33.5 Å². The van der Waals surface area contributed by atoms with Crippen molar-refractivity contribution in [1.29, 1.82) is 0 Å². The molecule has 2 aliphatic heterocycles. The van der Waals surface area contributed by atoms with Crippen molar-refractivity contribution >= 4 is 55.9 Å². The number of allylic oxidation sites excluding steroid dienone is 1. The molecule has 0 bridgehead atoms. The minimum Gasteiger partial charge on any atom is -0.497 e. The van der Waals surface area contributed by atoms with E-state index in [-0.39, 0.29) is 37.3 Å². The average Bonchev–Trinajstić information content (AvgIpc) is 4.11. The molecule has 17 heteroatoms. The second-order valence-corrected chi connectivity index (χ2v) is 19.5. The second kappa shape index (κ2) is 16.3. The van der Waals surface area contributed by atoms with Gasteiger partial charge >= 0.3 is 6.09 Å². The molecule has 5 atom stereocenters. The lowest BCUT2D eigenvalue weighted by molar-refractivity contribution is -0.141. The fraction of sp³-hybridized carbons (Fsp3) is 0.500. The molecule has 0 radical (unpaired) electrons. The number of aryl methyl sites for hydroxylation is 1. The third kappa shape index (κ3) is 9.02. The van der Waals surface area contributed by atoms with Crippen molar-refractivity contribution < 1.29 is 46.2 Å². The van der Waals surface area contributed by atoms with E-state index in [4.69, 9.17) is 28.6 Å². The summed E-state index contributed by atoms with van der Waals surface area (Å²) in [6.45, 7) is 7.04. The van der Waals surface area contributed by atoms with Crippen LogP contribution in [0.2, 0.25) is 0 Å². The fourth-order valence-electron chi connectivity index (χ4n) is 8.14. The number of rotatable bonds is 8. The van der Waals surface area contributed by atoms with Crippen molar-refractivity contribution in [3.63, 3.8) is 0 Å². The molecule has 0 unspecified atom stereocenters. The van der Waals surface area contributed by atoms with Gasteiger partial charge in [0.1, 0.15) is 46.2 Å². The summed E-state index contributed by atoms with van der Waals surface area (Å²) in [6, 6.07) is 10.7. The van der Waals surface area contributed by atoms with Gasteiger partial charge in [-0.25, -0.2) is 18.2 Å². The summed E-state index contributed by atoms with van der Waals surface area (Å²) in [5.41, 5.74) is 0.654. The van der Waals surface area contributed by atoms with Crippen LogP contribution in [0.4, 0.5) is 4.79 Å². The first kappa shape index (κ1) is 42.0. The molecule has 0 spiro atoms. The first-order chi connectivity index (χ1) is 29.0. The summed E-state index contributed by atoms with van der Waals surface area (Å²) in [5.74, 6) is -1.36. The first-order valence-corrected chi connectivity index (χ1v) is 22.4. The van der Waals surface area contributed by atoms with Crippen LogP contribution in [-0.2, 0) is 29.1 Å². The number of methoxy groups -OCH3 is 1. The Morgan fingerprint density at radius 1 is 1.02 bits per heavy atom. The SMILES string of the molecule is COc1ccc(-c2nc(O[C@H]3C[C@H]4C(=O)N[C@]5(C(=O)NS(=O)(=O)C6CC6)C[C@H]5/C=C\CCCCC[C@@H](NC(=O)OC(C)(C)C)C(=O)N4C3)c3oc4ccc(C)cc4c3n2)cc1. The van der Waals surface area contributed by atoms with Crippen molar-refractivity contribution in [3.8, 4) is 23.0 Å². The predicted octanol–water partition coefficient (Wildman–Crippen LogP) is 5.61. The smallest absolute Gasteiger partial charge is 0.408 e. The quantitative estimate of drug-likeness (QED) is 0.185. The molecule has 3 fully saturated rings. The topological polar surface area (TPSA) is 208 Å². The van der Waals surface area contributed by atoms with Crippen LogP contribution in [0.3, 0.4) is 0 Å². The summed E-state index contributed by atoms with van der Waals surface area (Å²) in [5, 5.41) is 5.75. The van der Waals surface area contributed by atoms with Crippen molar-refractivity contribution in [2.45, 2.75) is 120 Å². The number of carbonyl (C=O) groups excluding carboxylic acids is 4. The molecule has 2 saturated carbocycles. The molecular weight excluding hydrogens is 805 g/mol. The highest BCUT2D eigenvalue weighted by Gasteiger charge is 2.62. The predicted molar refractivity (Wildman–Crippen MR) is 225 cm³/mol. The van der Waals surface area contributed by atoms with E-state index in [0.29, 0.717) is 53.9 Å². The fourth-order valence-corrected chi connectivity index (χ4v) is 9.50. The molecule has 4 amide bonds. The lowest BCUT2D eigenvalue weighted by Crippen LogP contribution is -2.58. The normalized spacial score (nSPS) is 25.4. The van der Waals surface area contributed by atoms with E-state index >= 15 is 0 Å². The Morgan fingerprint density at radius 2 is 1.79 bits per heavy atom. The van der Waals surface area contributed by atoms with Crippen molar-refractivity contribution in [1.82, 2.24) is 30.2 Å². The third-order valence-electron chi connectivity index (χ3n) is 11.6. The van der Waals surface area contributed by atoms with Crippen molar-refractivity contribution in [3.05, 3.63) is 60.2 Å². The Bertz CT molecular complexity index is 2510. The van der Waals surface area contributed by atoms with Crippen molar-refractivity contribution in [2.24, 2.45) is 5.92 Å². The van der Waals surface area contributed by atoms with Gasteiger partial charge in [0.05, 0.1) is 18.9 Å². The van der Waals surface area contributed by atoms with Crippen LogP contribution in [0, 0.1) is 12.8 Å². The molecule has 16 nitrogen and oxygen atoms in total. The lowest BCUT2D eigenvalue weighted by Gasteiger charge is -2.30. The van der Waals surface area contributed by atoms with Gasteiger partial charge in [0, 0.05) is 23.3 Å². The van der Waals surface area contributed by atoms with Crippen LogP contribution in [-0.4, -0.2) is 95.3 Å². The first-order valence-electron chi connectivity index (χ1n) is 20.9. The number of sulfonamides is 1. The Balaban J connectivity index is 1.15. The molecule has 2 aromatic carbocycles. The van der Waals surface area contributed by atoms with Gasteiger partial charge < -0.3 is 34.2 Å². The maximum atomic E-state index is 14.7. The Hall–Kier alpha value is -5.71. The van der Waals surface area contributed by atoms with Crippen LogP contribution in [0.15, 0.2) is 59.0 Å². The molecular formula is C44H52N6O10S. The van der Waals surface area contributed by atoms with E-state index < -0.39 is 74.3 Å². The Labute approximate surface area is 354 Å². The number of furan rings is 1. The molecule has 3 N–H and O–H groups in total. The summed E-state index contributed by atoms with van der Waals surface area (Å²) in [7, 11) is -2.35. The number of hydrogen-bond acceptors (Lipinski definition) is 12. The Kier molecular flexibility index (Phi) is 11.2. The van der Waals surface area contributed by atoms with Gasteiger partial charge in [0.15, 0.2) is 5.82 Å². The van der Waals surface area contributed by atoms with Gasteiger partial charge in [-0.15, -0.1) is 0 Å². The minimum absolute atomic E-state index is 0.0298. The van der Waals surface area contributed by atoms with Gasteiger partial charge in [0.25, 0.3) is 11.8 Å². The van der Waals surface area contributed by atoms with E-state index in [0.717, 1.165) is 23.8 Å². The molecule has 4 aliphatic rings. The van der Waals surface area contributed by atoms with Gasteiger partial charge in [-0.1, -0.05) is 36.6 Å². The lowest BCUT2D eigenvalue weighted by atomic mass is 10.0. The molecule has 4 heterocycles. The molecule has 2 aliphatic carbocycles. The summed E-state index contributed by atoms with van der Waals surface area (Å²) >= 11 is 0. The summed E-state index contributed by atoms with van der Waals surface area (Å²) in [6.07, 6.45) is 6.33.